The zero-order valence-electron chi connectivity index (χ0n) is 14.3. The normalized spacial score (nSPS) is 10.6. The topological polar surface area (TPSA) is 118 Å². The van der Waals surface area contributed by atoms with Gasteiger partial charge >= 0.3 is 12.1 Å². The molecule has 27 heavy (non-hydrogen) atoms. The summed E-state index contributed by atoms with van der Waals surface area (Å²) in [4.78, 5) is 27.2. The van der Waals surface area contributed by atoms with E-state index in [1.807, 2.05) is 18.2 Å². The van der Waals surface area contributed by atoms with Gasteiger partial charge in [-0.25, -0.2) is 14.1 Å². The van der Waals surface area contributed by atoms with E-state index in [4.69, 9.17) is 16.3 Å². The number of carboxylic acid groups (broad SMARTS) is 1. The molecule has 0 spiro atoms. The van der Waals surface area contributed by atoms with Gasteiger partial charge in [0.25, 0.3) is 5.95 Å². The number of ether oxygens (including phenoxy) is 1. The molecular formula is C17H16ClN5O4. The van der Waals surface area contributed by atoms with Gasteiger partial charge in [-0.2, -0.15) is 4.98 Å². The molecule has 2 heterocycles. The fraction of sp³-hybridized carbons (Fsp3) is 0.176. The van der Waals surface area contributed by atoms with Crippen molar-refractivity contribution in [3.05, 3.63) is 52.7 Å². The summed E-state index contributed by atoms with van der Waals surface area (Å²) >= 11 is 6.13. The Balaban J connectivity index is 1.89. The van der Waals surface area contributed by atoms with Gasteiger partial charge in [0.15, 0.2) is 5.65 Å². The van der Waals surface area contributed by atoms with E-state index < -0.39 is 12.1 Å². The van der Waals surface area contributed by atoms with Gasteiger partial charge in [-0.15, -0.1) is 5.10 Å². The minimum Gasteiger partial charge on any atom is -0.478 e. The number of carbonyl (C=O) groups is 2. The van der Waals surface area contributed by atoms with Crippen LogP contribution >= 0.6 is 11.6 Å². The number of halogens is 1. The Labute approximate surface area is 158 Å². The summed E-state index contributed by atoms with van der Waals surface area (Å²) in [7, 11) is 0. The molecular weight excluding hydrogens is 374 g/mol. The van der Waals surface area contributed by atoms with Crippen molar-refractivity contribution in [1.29, 1.82) is 0 Å². The number of pyridine rings is 1. The molecule has 2 aromatic heterocycles. The molecule has 0 saturated heterocycles. The number of carboxylic acids is 1. The molecule has 0 aliphatic carbocycles. The Morgan fingerprint density at radius 3 is 2.81 bits per heavy atom. The largest absolute Gasteiger partial charge is 0.478 e. The maximum absolute atomic E-state index is 11.6. The first kappa shape index (κ1) is 18.5. The van der Waals surface area contributed by atoms with Crippen molar-refractivity contribution in [2.75, 3.05) is 17.2 Å². The van der Waals surface area contributed by atoms with E-state index in [-0.39, 0.29) is 23.8 Å². The van der Waals surface area contributed by atoms with E-state index in [1.54, 1.807) is 13.0 Å². The van der Waals surface area contributed by atoms with Crippen LogP contribution in [0.25, 0.3) is 5.65 Å². The fourth-order valence-electron chi connectivity index (χ4n) is 2.39. The number of nitrogens with zero attached hydrogens (tertiary/aromatic N) is 3. The number of anilines is 2. The summed E-state index contributed by atoms with van der Waals surface area (Å²) in [6.07, 6.45) is 0.794. The molecule has 140 valence electrons. The number of aromatic carboxylic acids is 1. The van der Waals surface area contributed by atoms with Gasteiger partial charge in [-0.3, -0.25) is 5.32 Å². The second kappa shape index (κ2) is 7.92. The van der Waals surface area contributed by atoms with Crippen LogP contribution in [0.1, 0.15) is 22.8 Å². The second-order valence-corrected chi connectivity index (χ2v) is 5.84. The third kappa shape index (κ3) is 4.26. The van der Waals surface area contributed by atoms with Gasteiger partial charge < -0.3 is 15.2 Å². The standard InChI is InChI=1S/C17H16ClN5O4/c1-2-27-17(26)21-16-20-14-7-11(15(24)25)13(9-23(14)22-16)19-8-10-5-3-4-6-12(10)18/h3-7,9,19H,2,8H2,1H3,(H,24,25)(H,21,22,26). The van der Waals surface area contributed by atoms with E-state index in [2.05, 4.69) is 20.7 Å². The van der Waals surface area contributed by atoms with Crippen LogP contribution in [0.15, 0.2) is 36.5 Å². The number of carbonyl (C=O) groups excluding carboxylic acids is 1. The average molecular weight is 390 g/mol. The summed E-state index contributed by atoms with van der Waals surface area (Å²) in [6, 6.07) is 8.61. The summed E-state index contributed by atoms with van der Waals surface area (Å²) in [5.41, 5.74) is 1.44. The summed E-state index contributed by atoms with van der Waals surface area (Å²) in [5, 5.41) is 19.6. The van der Waals surface area contributed by atoms with Crippen molar-refractivity contribution >= 4 is 40.9 Å². The molecule has 0 bridgehead atoms. The molecule has 10 heteroatoms. The van der Waals surface area contributed by atoms with Crippen molar-refractivity contribution in [2.24, 2.45) is 0 Å². The Bertz CT molecular complexity index is 1000. The van der Waals surface area contributed by atoms with Crippen LogP contribution in [0.5, 0.6) is 0 Å². The van der Waals surface area contributed by atoms with E-state index in [1.165, 1.54) is 16.8 Å². The molecule has 0 fully saturated rings. The van der Waals surface area contributed by atoms with Gasteiger partial charge in [0.1, 0.15) is 0 Å². The highest BCUT2D eigenvalue weighted by Crippen LogP contribution is 2.21. The lowest BCUT2D eigenvalue weighted by Crippen LogP contribution is -2.14. The van der Waals surface area contributed by atoms with Crippen molar-refractivity contribution in [1.82, 2.24) is 14.6 Å². The minimum atomic E-state index is -1.12. The molecule has 1 aromatic carbocycles. The summed E-state index contributed by atoms with van der Waals surface area (Å²) in [5.74, 6) is -1.12. The maximum atomic E-state index is 11.6. The first-order valence-corrected chi connectivity index (χ1v) is 8.40. The van der Waals surface area contributed by atoms with E-state index in [0.29, 0.717) is 17.3 Å². The zero-order chi connectivity index (χ0) is 19.4. The van der Waals surface area contributed by atoms with Gasteiger partial charge in [-0.05, 0) is 24.6 Å². The first-order valence-electron chi connectivity index (χ1n) is 8.02. The highest BCUT2D eigenvalue weighted by atomic mass is 35.5. The van der Waals surface area contributed by atoms with E-state index in [0.717, 1.165) is 5.56 Å². The monoisotopic (exact) mass is 389 g/mol. The Morgan fingerprint density at radius 2 is 2.11 bits per heavy atom. The van der Waals surface area contributed by atoms with Gasteiger partial charge in [0.2, 0.25) is 0 Å². The number of hydrogen-bond donors (Lipinski definition) is 3. The zero-order valence-corrected chi connectivity index (χ0v) is 15.0. The van der Waals surface area contributed by atoms with E-state index >= 15 is 0 Å². The van der Waals surface area contributed by atoms with E-state index in [9.17, 15) is 14.7 Å². The number of aromatic nitrogens is 3. The first-order chi connectivity index (χ1) is 13.0. The summed E-state index contributed by atoms with van der Waals surface area (Å²) < 4.78 is 6.13. The lowest BCUT2D eigenvalue weighted by molar-refractivity contribution is 0.0697. The third-order valence-corrected chi connectivity index (χ3v) is 3.99. The molecule has 3 aromatic rings. The van der Waals surface area contributed by atoms with Gasteiger partial charge in [0, 0.05) is 11.6 Å². The molecule has 1 amide bonds. The highest BCUT2D eigenvalue weighted by Gasteiger charge is 2.16. The predicted molar refractivity (Wildman–Crippen MR) is 99.4 cm³/mol. The van der Waals surface area contributed by atoms with Crippen LogP contribution < -0.4 is 10.6 Å². The molecule has 3 N–H and O–H groups in total. The number of rotatable bonds is 6. The number of nitrogens with one attached hydrogen (secondary N) is 2. The van der Waals surface area contributed by atoms with Crippen LogP contribution in [0.3, 0.4) is 0 Å². The molecule has 3 rings (SSSR count). The second-order valence-electron chi connectivity index (χ2n) is 5.43. The average Bonchev–Trinajstić information content (AvgIpc) is 3.01. The number of hydrogen-bond acceptors (Lipinski definition) is 6. The number of fused-ring (bicyclic) bond motifs is 1. The molecule has 0 aliphatic rings. The Morgan fingerprint density at radius 1 is 1.33 bits per heavy atom. The lowest BCUT2D eigenvalue weighted by Gasteiger charge is -2.11. The predicted octanol–water partition coefficient (Wildman–Crippen LogP) is 3.26. The summed E-state index contributed by atoms with van der Waals surface area (Å²) in [6.45, 7) is 2.21. The van der Waals surface area contributed by atoms with Crippen LogP contribution in [0.2, 0.25) is 5.02 Å². The van der Waals surface area contributed by atoms with Crippen molar-refractivity contribution in [2.45, 2.75) is 13.5 Å². The van der Waals surface area contributed by atoms with Gasteiger partial charge in [-0.1, -0.05) is 29.8 Å². The quantitative estimate of drug-likeness (QED) is 0.592. The highest BCUT2D eigenvalue weighted by molar-refractivity contribution is 6.31. The fourth-order valence-corrected chi connectivity index (χ4v) is 2.59. The molecule has 0 radical (unpaired) electrons. The number of benzene rings is 1. The van der Waals surface area contributed by atoms with Crippen molar-refractivity contribution in [3.63, 3.8) is 0 Å². The Hall–Kier alpha value is -3.33. The third-order valence-electron chi connectivity index (χ3n) is 3.62. The van der Waals surface area contributed by atoms with Crippen molar-refractivity contribution in [3.8, 4) is 0 Å². The lowest BCUT2D eigenvalue weighted by atomic mass is 10.2. The van der Waals surface area contributed by atoms with Crippen LogP contribution in [-0.4, -0.2) is 38.4 Å². The SMILES string of the molecule is CCOC(=O)Nc1nc2cc(C(=O)O)c(NCc3ccccc3Cl)cn2n1. The maximum Gasteiger partial charge on any atom is 0.414 e. The van der Waals surface area contributed by atoms with Gasteiger partial charge in [0.05, 0.1) is 24.1 Å². The molecule has 9 nitrogen and oxygen atoms in total. The minimum absolute atomic E-state index is 0.00745. The molecule has 0 saturated carbocycles. The molecule has 0 aliphatic heterocycles. The molecule has 0 atom stereocenters. The van der Waals surface area contributed by atoms with Crippen LogP contribution in [0, 0.1) is 0 Å². The molecule has 0 unspecified atom stereocenters. The van der Waals surface area contributed by atoms with Crippen LogP contribution in [-0.2, 0) is 11.3 Å². The Kier molecular flexibility index (Phi) is 5.41. The van der Waals surface area contributed by atoms with Crippen LogP contribution in [0.4, 0.5) is 16.4 Å². The van der Waals surface area contributed by atoms with Crippen molar-refractivity contribution < 1.29 is 19.4 Å². The number of amides is 1. The smallest absolute Gasteiger partial charge is 0.414 e.